The van der Waals surface area contributed by atoms with Crippen LogP contribution in [0, 0.1) is 10.1 Å². The normalized spacial score (nSPS) is 14.0. The van der Waals surface area contributed by atoms with Crippen molar-refractivity contribution in [1.29, 1.82) is 0 Å². The molecule has 11 heteroatoms. The van der Waals surface area contributed by atoms with Crippen molar-refractivity contribution in [3.8, 4) is 11.5 Å². The third kappa shape index (κ3) is 2.76. The summed E-state index contributed by atoms with van der Waals surface area (Å²) in [6, 6.07) is 5.08. The number of sulfone groups is 1. The van der Waals surface area contributed by atoms with E-state index in [0.717, 1.165) is 24.3 Å². The van der Waals surface area contributed by atoms with Gasteiger partial charge in [0.2, 0.25) is 15.6 Å². The van der Waals surface area contributed by atoms with E-state index in [1.807, 2.05) is 0 Å². The van der Waals surface area contributed by atoms with Gasteiger partial charge in [-0.1, -0.05) is 0 Å². The quantitative estimate of drug-likeness (QED) is 0.374. The lowest BCUT2D eigenvalue weighted by Crippen LogP contribution is -2.14. The van der Waals surface area contributed by atoms with E-state index in [9.17, 15) is 28.1 Å². The zero-order valence-corrected chi connectivity index (χ0v) is 14.2. The predicted molar refractivity (Wildman–Crippen MR) is 85.4 cm³/mol. The van der Waals surface area contributed by atoms with Gasteiger partial charge in [-0.05, 0) is 47.5 Å². The summed E-state index contributed by atoms with van der Waals surface area (Å²) in [6.45, 7) is 0. The molecular formula is C14H5Cl2NO7S. The zero-order chi connectivity index (χ0) is 18.5. The molecule has 1 aliphatic rings. The van der Waals surface area contributed by atoms with Crippen molar-refractivity contribution in [3.05, 3.63) is 51.6 Å². The summed E-state index contributed by atoms with van der Waals surface area (Å²) < 4.78 is 31.0. The maximum atomic E-state index is 12.8. The second-order valence-corrected chi connectivity index (χ2v) is 7.47. The first kappa shape index (κ1) is 17.3. The van der Waals surface area contributed by atoms with Gasteiger partial charge in [0.1, 0.15) is 15.5 Å². The van der Waals surface area contributed by atoms with Crippen molar-refractivity contribution in [2.45, 2.75) is 9.79 Å². The molecule has 0 aromatic heterocycles. The first-order valence-corrected chi connectivity index (χ1v) is 8.66. The molecule has 3 rings (SSSR count). The SMILES string of the molecule is O=C(Cl)c1ccc2c(c1)S(=O)(=O)c1cc(C(=O)Cl)cc([N+](=O)[O-])c1O2. The van der Waals surface area contributed by atoms with Crippen LogP contribution >= 0.6 is 23.2 Å². The molecule has 128 valence electrons. The summed E-state index contributed by atoms with van der Waals surface area (Å²) in [5, 5.41) is 9.27. The molecule has 2 aromatic rings. The average Bonchev–Trinajstić information content (AvgIpc) is 2.53. The second-order valence-electron chi connectivity index (χ2n) is 4.89. The number of fused-ring (bicyclic) bond motifs is 2. The van der Waals surface area contributed by atoms with Crippen LogP contribution in [0.5, 0.6) is 11.5 Å². The van der Waals surface area contributed by atoms with Crippen LogP contribution in [0.3, 0.4) is 0 Å². The third-order valence-corrected chi connectivity index (χ3v) is 5.64. The Bertz CT molecular complexity index is 1080. The van der Waals surface area contributed by atoms with Crippen molar-refractivity contribution in [2.24, 2.45) is 0 Å². The molecule has 0 spiro atoms. The van der Waals surface area contributed by atoms with Gasteiger partial charge in [0.15, 0.2) is 0 Å². The van der Waals surface area contributed by atoms with E-state index >= 15 is 0 Å². The van der Waals surface area contributed by atoms with Gasteiger partial charge in [-0.3, -0.25) is 19.7 Å². The number of benzene rings is 2. The number of rotatable bonds is 3. The van der Waals surface area contributed by atoms with E-state index in [-0.39, 0.29) is 16.9 Å². The lowest BCUT2D eigenvalue weighted by molar-refractivity contribution is -0.385. The van der Waals surface area contributed by atoms with E-state index < -0.39 is 46.5 Å². The van der Waals surface area contributed by atoms with Gasteiger partial charge in [0.25, 0.3) is 10.5 Å². The van der Waals surface area contributed by atoms with Gasteiger partial charge in [-0.2, -0.15) is 0 Å². The number of nitro benzene ring substituents is 1. The second kappa shape index (κ2) is 5.80. The number of hydrogen-bond acceptors (Lipinski definition) is 7. The largest absolute Gasteiger partial charge is 0.447 e. The topological polar surface area (TPSA) is 121 Å². The number of nitro groups is 1. The molecule has 0 unspecified atom stereocenters. The molecule has 1 aliphatic heterocycles. The molecule has 0 aliphatic carbocycles. The molecule has 0 saturated heterocycles. The zero-order valence-electron chi connectivity index (χ0n) is 11.9. The Labute approximate surface area is 150 Å². The van der Waals surface area contributed by atoms with Crippen LogP contribution in [0.25, 0.3) is 0 Å². The molecule has 0 atom stereocenters. The Morgan fingerprint density at radius 1 is 1.00 bits per heavy atom. The smallest absolute Gasteiger partial charge is 0.313 e. The van der Waals surface area contributed by atoms with E-state index in [4.69, 9.17) is 27.9 Å². The summed E-state index contributed by atoms with van der Waals surface area (Å²) in [5.74, 6) is -0.744. The molecule has 1 heterocycles. The van der Waals surface area contributed by atoms with E-state index in [2.05, 4.69) is 0 Å². The number of halogens is 2. The van der Waals surface area contributed by atoms with Crippen molar-refractivity contribution < 1.29 is 27.7 Å². The van der Waals surface area contributed by atoms with Gasteiger partial charge in [-0.15, -0.1) is 0 Å². The monoisotopic (exact) mass is 401 g/mol. The Morgan fingerprint density at radius 2 is 1.60 bits per heavy atom. The van der Waals surface area contributed by atoms with E-state index in [1.54, 1.807) is 0 Å². The minimum absolute atomic E-state index is 0.102. The van der Waals surface area contributed by atoms with Crippen LogP contribution in [-0.2, 0) is 9.84 Å². The van der Waals surface area contributed by atoms with Gasteiger partial charge in [0, 0.05) is 17.2 Å². The number of ether oxygens (including phenoxy) is 1. The van der Waals surface area contributed by atoms with Crippen LogP contribution < -0.4 is 4.74 Å². The summed E-state index contributed by atoms with van der Waals surface area (Å²) in [5.41, 5.74) is -1.21. The molecule has 0 fully saturated rings. The van der Waals surface area contributed by atoms with Crippen LogP contribution in [0.1, 0.15) is 20.7 Å². The molecule has 2 aromatic carbocycles. The van der Waals surface area contributed by atoms with Crippen molar-refractivity contribution in [3.63, 3.8) is 0 Å². The summed E-state index contributed by atoms with van der Waals surface area (Å²) >= 11 is 10.7. The van der Waals surface area contributed by atoms with Gasteiger partial charge >= 0.3 is 5.69 Å². The number of nitrogens with zero attached hydrogens (tertiary/aromatic N) is 1. The van der Waals surface area contributed by atoms with Gasteiger partial charge in [0.05, 0.1) is 4.92 Å². The summed E-state index contributed by atoms with van der Waals surface area (Å²) in [7, 11) is -4.32. The minimum Gasteiger partial charge on any atom is -0.447 e. The molecule has 0 saturated carbocycles. The Kier molecular flexibility index (Phi) is 4.02. The first-order chi connectivity index (χ1) is 11.6. The highest BCUT2D eigenvalue weighted by Crippen LogP contribution is 2.47. The van der Waals surface area contributed by atoms with Crippen LogP contribution in [0.4, 0.5) is 5.69 Å². The van der Waals surface area contributed by atoms with Gasteiger partial charge in [-0.25, -0.2) is 8.42 Å². The highest BCUT2D eigenvalue weighted by molar-refractivity contribution is 7.91. The average molecular weight is 402 g/mol. The van der Waals surface area contributed by atoms with E-state index in [1.165, 1.54) is 6.07 Å². The van der Waals surface area contributed by atoms with Crippen molar-refractivity contribution >= 4 is 49.2 Å². The van der Waals surface area contributed by atoms with Crippen molar-refractivity contribution in [1.82, 2.24) is 0 Å². The molecule has 8 nitrogen and oxygen atoms in total. The minimum atomic E-state index is -4.32. The summed E-state index contributed by atoms with van der Waals surface area (Å²) in [4.78, 5) is 31.9. The number of carbonyl (C=O) groups is 2. The Balaban J connectivity index is 2.36. The Hall–Kier alpha value is -2.49. The van der Waals surface area contributed by atoms with E-state index in [0.29, 0.717) is 0 Å². The fraction of sp³-hybridized carbons (Fsp3) is 0. The molecule has 0 N–H and O–H groups in total. The Morgan fingerprint density at radius 3 is 2.16 bits per heavy atom. The fourth-order valence-corrected chi connectivity index (χ4v) is 4.08. The molecule has 0 bridgehead atoms. The third-order valence-electron chi connectivity index (χ3n) is 3.42. The van der Waals surface area contributed by atoms with Crippen molar-refractivity contribution in [2.75, 3.05) is 0 Å². The van der Waals surface area contributed by atoms with Gasteiger partial charge < -0.3 is 4.74 Å². The van der Waals surface area contributed by atoms with Crippen LogP contribution in [-0.4, -0.2) is 23.8 Å². The highest BCUT2D eigenvalue weighted by atomic mass is 35.5. The lowest BCUT2D eigenvalue weighted by atomic mass is 10.2. The number of carbonyl (C=O) groups excluding carboxylic acids is 2. The standard InChI is InChI=1S/C14H5Cl2NO7S/c15-13(18)6-1-2-9-10(4-6)25(22,23)11-5-7(14(16)19)3-8(17(20)21)12(11)24-9/h1-5H. The molecule has 0 radical (unpaired) electrons. The number of hydrogen-bond donors (Lipinski definition) is 0. The maximum absolute atomic E-state index is 12.8. The fourth-order valence-electron chi connectivity index (χ4n) is 2.29. The van der Waals surface area contributed by atoms with Crippen LogP contribution in [0.2, 0.25) is 0 Å². The molecular weight excluding hydrogens is 397 g/mol. The maximum Gasteiger partial charge on any atom is 0.313 e. The lowest BCUT2D eigenvalue weighted by Gasteiger charge is -2.20. The summed E-state index contributed by atoms with van der Waals surface area (Å²) in [6.07, 6.45) is 0. The first-order valence-electron chi connectivity index (χ1n) is 6.42. The molecule has 25 heavy (non-hydrogen) atoms. The molecule has 0 amide bonds. The highest BCUT2D eigenvalue weighted by Gasteiger charge is 2.38. The predicted octanol–water partition coefficient (Wildman–Crippen LogP) is 3.29. The van der Waals surface area contributed by atoms with Crippen LogP contribution in [0.15, 0.2) is 40.1 Å².